The summed E-state index contributed by atoms with van der Waals surface area (Å²) in [5, 5.41) is 20.7. The summed E-state index contributed by atoms with van der Waals surface area (Å²) in [4.78, 5) is 26.8. The van der Waals surface area contributed by atoms with Crippen molar-refractivity contribution in [1.29, 1.82) is 0 Å². The maximum atomic E-state index is 13.9. The fourth-order valence-corrected chi connectivity index (χ4v) is 7.13. The molecule has 0 radical (unpaired) electrons. The Labute approximate surface area is 260 Å². The number of nitrogens with zero attached hydrogens (tertiary/aromatic N) is 1. The Hall–Kier alpha value is -3.19. The van der Waals surface area contributed by atoms with Gasteiger partial charge in [-0.05, 0) is 55.3 Å². The summed E-state index contributed by atoms with van der Waals surface area (Å²) in [6, 6.07) is 11.9. The van der Waals surface area contributed by atoms with Gasteiger partial charge in [0.25, 0.3) is 0 Å². The molecule has 2 aromatic carbocycles. The highest BCUT2D eigenvalue weighted by Crippen LogP contribution is 2.35. The quantitative estimate of drug-likeness (QED) is 0.235. The van der Waals surface area contributed by atoms with Crippen molar-refractivity contribution in [3.8, 4) is 11.5 Å². The molecule has 12 heteroatoms. The fraction of sp³-hybridized carbons (Fsp3) is 0.562. The molecule has 2 amide bonds. The molecule has 242 valence electrons. The van der Waals surface area contributed by atoms with E-state index in [2.05, 4.69) is 16.0 Å². The zero-order chi connectivity index (χ0) is 31.9. The van der Waals surface area contributed by atoms with Crippen LogP contribution in [0.25, 0.3) is 0 Å². The summed E-state index contributed by atoms with van der Waals surface area (Å²) in [6.07, 6.45) is 1.26. The SMILES string of the molecule is CCC(C)[C@H](NC(=O)C1CCCN1)C(=O)N[C@@H](Cc1ccccc1)[C@H](O)CN(CC(C)C)S(=O)(=O)c1ccc2c(c1)OCO2. The summed E-state index contributed by atoms with van der Waals surface area (Å²) < 4.78 is 39.7. The van der Waals surface area contributed by atoms with Gasteiger partial charge in [0.05, 0.1) is 23.1 Å². The van der Waals surface area contributed by atoms with E-state index < -0.39 is 34.1 Å². The van der Waals surface area contributed by atoms with Gasteiger partial charge in [-0.2, -0.15) is 4.31 Å². The van der Waals surface area contributed by atoms with Gasteiger partial charge in [-0.15, -0.1) is 0 Å². The third-order valence-electron chi connectivity index (χ3n) is 8.20. The lowest BCUT2D eigenvalue weighted by Gasteiger charge is -2.32. The molecule has 2 heterocycles. The average Bonchev–Trinajstić information content (AvgIpc) is 3.71. The van der Waals surface area contributed by atoms with Crippen LogP contribution in [0.1, 0.15) is 52.5 Å². The Morgan fingerprint density at radius 1 is 1.05 bits per heavy atom. The number of benzene rings is 2. The van der Waals surface area contributed by atoms with Gasteiger partial charge < -0.3 is 30.5 Å². The zero-order valence-electron chi connectivity index (χ0n) is 26.0. The molecule has 0 spiro atoms. The van der Waals surface area contributed by atoms with Crippen LogP contribution in [0.15, 0.2) is 53.4 Å². The van der Waals surface area contributed by atoms with Crippen molar-refractivity contribution in [2.45, 2.75) is 82.5 Å². The monoisotopic (exact) mass is 630 g/mol. The summed E-state index contributed by atoms with van der Waals surface area (Å²) in [5.41, 5.74) is 0.866. The standard InChI is InChI=1S/C32H46N4O7S/c1-5-22(4)30(35-31(38)25-12-9-15-33-25)32(39)34-26(16-23-10-7-6-8-11-23)27(37)19-36(18-21(2)3)44(40,41)24-13-14-28-29(17-24)43-20-42-28/h6-8,10-11,13-14,17,21-22,25-27,30,33,37H,5,9,12,15-16,18-20H2,1-4H3,(H,34,39)(H,35,38)/t22?,25?,26-,27+,30-/m0/s1. The lowest BCUT2D eigenvalue weighted by atomic mass is 9.95. The molecule has 4 N–H and O–H groups in total. The molecule has 4 rings (SSSR count). The Bertz CT molecular complexity index is 1370. The van der Waals surface area contributed by atoms with Gasteiger partial charge in [0.15, 0.2) is 11.5 Å². The van der Waals surface area contributed by atoms with E-state index in [9.17, 15) is 23.1 Å². The Kier molecular flexibility index (Phi) is 11.6. The van der Waals surface area contributed by atoms with Crippen LogP contribution in [0.4, 0.5) is 0 Å². The van der Waals surface area contributed by atoms with E-state index in [0.29, 0.717) is 24.3 Å². The minimum absolute atomic E-state index is 0.0172. The lowest BCUT2D eigenvalue weighted by molar-refractivity contribution is -0.132. The molecule has 0 saturated carbocycles. The molecular formula is C32H46N4O7S. The third kappa shape index (κ3) is 8.50. The van der Waals surface area contributed by atoms with Crippen molar-refractivity contribution in [1.82, 2.24) is 20.3 Å². The van der Waals surface area contributed by atoms with Crippen LogP contribution in [0.2, 0.25) is 0 Å². The maximum absolute atomic E-state index is 13.9. The van der Waals surface area contributed by atoms with Gasteiger partial charge in [-0.25, -0.2) is 8.42 Å². The molecule has 2 unspecified atom stereocenters. The van der Waals surface area contributed by atoms with E-state index in [1.54, 1.807) is 6.07 Å². The predicted molar refractivity (Wildman–Crippen MR) is 167 cm³/mol. The van der Waals surface area contributed by atoms with E-state index in [4.69, 9.17) is 9.47 Å². The Morgan fingerprint density at radius 2 is 1.77 bits per heavy atom. The van der Waals surface area contributed by atoms with E-state index in [1.165, 1.54) is 16.4 Å². The number of rotatable bonds is 15. The zero-order valence-corrected chi connectivity index (χ0v) is 26.8. The predicted octanol–water partition coefficient (Wildman–Crippen LogP) is 2.43. The van der Waals surface area contributed by atoms with Crippen LogP contribution in [-0.2, 0) is 26.0 Å². The largest absolute Gasteiger partial charge is 0.454 e. The summed E-state index contributed by atoms with van der Waals surface area (Å²) in [6.45, 7) is 8.32. The molecular weight excluding hydrogens is 584 g/mol. The molecule has 2 aliphatic rings. The van der Waals surface area contributed by atoms with Gasteiger partial charge in [-0.1, -0.05) is 64.4 Å². The Balaban J connectivity index is 1.58. The van der Waals surface area contributed by atoms with Crippen LogP contribution in [0, 0.1) is 11.8 Å². The van der Waals surface area contributed by atoms with E-state index >= 15 is 0 Å². The average molecular weight is 631 g/mol. The molecule has 2 aliphatic heterocycles. The lowest BCUT2D eigenvalue weighted by Crippen LogP contribution is -2.58. The van der Waals surface area contributed by atoms with Crippen molar-refractivity contribution in [2.75, 3.05) is 26.4 Å². The summed E-state index contributed by atoms with van der Waals surface area (Å²) in [7, 11) is -4.05. The number of sulfonamides is 1. The van der Waals surface area contributed by atoms with Crippen molar-refractivity contribution in [3.05, 3.63) is 54.1 Å². The highest BCUT2D eigenvalue weighted by Gasteiger charge is 2.35. The van der Waals surface area contributed by atoms with Gasteiger partial charge in [0.1, 0.15) is 6.04 Å². The van der Waals surface area contributed by atoms with Gasteiger partial charge in [0, 0.05) is 19.2 Å². The number of hydrogen-bond donors (Lipinski definition) is 4. The normalized spacial score (nSPS) is 19.0. The molecule has 0 aliphatic carbocycles. The minimum Gasteiger partial charge on any atom is -0.454 e. The van der Waals surface area contributed by atoms with Crippen molar-refractivity contribution >= 4 is 21.8 Å². The Morgan fingerprint density at radius 3 is 2.43 bits per heavy atom. The number of nitrogens with one attached hydrogen (secondary N) is 3. The number of amides is 2. The van der Waals surface area contributed by atoms with Crippen molar-refractivity contribution in [3.63, 3.8) is 0 Å². The minimum atomic E-state index is -4.05. The summed E-state index contributed by atoms with van der Waals surface area (Å²) in [5.74, 6) is -0.0326. The topological polar surface area (TPSA) is 146 Å². The fourth-order valence-electron chi connectivity index (χ4n) is 5.49. The number of hydrogen-bond acceptors (Lipinski definition) is 8. The first-order valence-corrected chi connectivity index (χ1v) is 16.9. The highest BCUT2D eigenvalue weighted by atomic mass is 32.2. The second-order valence-electron chi connectivity index (χ2n) is 12.1. The third-order valence-corrected chi connectivity index (χ3v) is 10.0. The molecule has 44 heavy (non-hydrogen) atoms. The number of aliphatic hydroxyl groups is 1. The number of carbonyl (C=O) groups excluding carboxylic acids is 2. The first-order chi connectivity index (χ1) is 21.0. The maximum Gasteiger partial charge on any atom is 0.243 e. The van der Waals surface area contributed by atoms with Crippen LogP contribution in [0.3, 0.4) is 0 Å². The van der Waals surface area contributed by atoms with Gasteiger partial charge >= 0.3 is 0 Å². The molecule has 1 saturated heterocycles. The van der Waals surface area contributed by atoms with E-state index in [1.807, 2.05) is 58.0 Å². The van der Waals surface area contributed by atoms with Gasteiger partial charge in [0.2, 0.25) is 28.6 Å². The van der Waals surface area contributed by atoms with E-state index in [-0.39, 0.29) is 55.0 Å². The molecule has 11 nitrogen and oxygen atoms in total. The second-order valence-corrected chi connectivity index (χ2v) is 14.1. The highest BCUT2D eigenvalue weighted by molar-refractivity contribution is 7.89. The van der Waals surface area contributed by atoms with Gasteiger partial charge in [-0.3, -0.25) is 9.59 Å². The molecule has 0 bridgehead atoms. The number of ether oxygens (including phenoxy) is 2. The van der Waals surface area contributed by atoms with Crippen LogP contribution in [0.5, 0.6) is 11.5 Å². The van der Waals surface area contributed by atoms with Crippen molar-refractivity contribution < 1.29 is 32.6 Å². The number of carbonyl (C=O) groups is 2. The molecule has 1 fully saturated rings. The van der Waals surface area contributed by atoms with Crippen LogP contribution in [-0.4, -0.2) is 80.3 Å². The number of fused-ring (bicyclic) bond motifs is 1. The van der Waals surface area contributed by atoms with Crippen LogP contribution >= 0.6 is 0 Å². The first-order valence-electron chi connectivity index (χ1n) is 15.5. The number of aliphatic hydroxyl groups excluding tert-OH is 1. The first kappa shape index (κ1) is 33.7. The molecule has 0 aromatic heterocycles. The van der Waals surface area contributed by atoms with Crippen LogP contribution < -0.4 is 25.4 Å². The molecule has 2 aromatic rings. The van der Waals surface area contributed by atoms with E-state index in [0.717, 1.165) is 18.5 Å². The summed E-state index contributed by atoms with van der Waals surface area (Å²) >= 11 is 0. The second kappa shape index (κ2) is 15.2. The molecule has 5 atom stereocenters. The van der Waals surface area contributed by atoms with Crippen molar-refractivity contribution in [2.24, 2.45) is 11.8 Å². The smallest absolute Gasteiger partial charge is 0.243 e.